The van der Waals surface area contributed by atoms with Gasteiger partial charge >= 0.3 is 0 Å². The Morgan fingerprint density at radius 1 is 0.857 bits per heavy atom. The molecule has 0 bridgehead atoms. The van der Waals surface area contributed by atoms with Gasteiger partial charge in [-0.2, -0.15) is 0 Å². The van der Waals surface area contributed by atoms with E-state index in [1.807, 2.05) is 49.4 Å². The molecule has 0 aliphatic carbocycles. The summed E-state index contributed by atoms with van der Waals surface area (Å²) in [6.45, 7) is 2.02. The van der Waals surface area contributed by atoms with Crippen LogP contribution in [0.15, 0.2) is 78.9 Å². The molecule has 4 heteroatoms. The van der Waals surface area contributed by atoms with Gasteiger partial charge in [0.05, 0.1) is 7.11 Å². The van der Waals surface area contributed by atoms with Crippen molar-refractivity contribution >= 4 is 22.7 Å². The number of carbonyl (C=O) groups is 2. The van der Waals surface area contributed by atoms with Crippen LogP contribution in [0.1, 0.15) is 43.5 Å². The first-order valence-corrected chi connectivity index (χ1v) is 9.94. The number of ketones is 1. The number of methoxy groups -OCH3 is 1. The predicted molar refractivity (Wildman–Crippen MR) is 114 cm³/mol. The highest BCUT2D eigenvalue weighted by Crippen LogP contribution is 2.36. The number of aryl methyl sites for hydroxylation is 1. The van der Waals surface area contributed by atoms with E-state index in [0.717, 1.165) is 11.1 Å². The zero-order valence-corrected chi connectivity index (χ0v) is 16.7. The fourth-order valence-electron chi connectivity index (χ4n) is 2.84. The van der Waals surface area contributed by atoms with E-state index >= 15 is 0 Å². The smallest absolute Gasteiger partial charge is 0.219 e. The van der Waals surface area contributed by atoms with Crippen molar-refractivity contribution in [2.24, 2.45) is 0 Å². The molecule has 3 aromatic carbocycles. The van der Waals surface area contributed by atoms with Gasteiger partial charge < -0.3 is 4.74 Å². The molecule has 0 fully saturated rings. The lowest BCUT2D eigenvalue weighted by Crippen LogP contribution is -2.08. The van der Waals surface area contributed by atoms with Crippen molar-refractivity contribution in [3.05, 3.63) is 101 Å². The maximum absolute atomic E-state index is 12.8. The van der Waals surface area contributed by atoms with Crippen molar-refractivity contribution in [1.29, 1.82) is 0 Å². The summed E-state index contributed by atoms with van der Waals surface area (Å²) in [5.41, 5.74) is 3.37. The molecule has 0 saturated carbocycles. The van der Waals surface area contributed by atoms with Gasteiger partial charge in [0, 0.05) is 22.8 Å². The lowest BCUT2D eigenvalue weighted by Gasteiger charge is -2.16. The van der Waals surface area contributed by atoms with Gasteiger partial charge in [-0.05, 0) is 36.8 Å². The van der Waals surface area contributed by atoms with E-state index in [1.54, 1.807) is 43.5 Å². The number of hydrogen-bond acceptors (Lipinski definition) is 4. The zero-order valence-electron chi connectivity index (χ0n) is 15.9. The number of hydrogen-bond donors (Lipinski definition) is 0. The maximum Gasteiger partial charge on any atom is 0.219 e. The second kappa shape index (κ2) is 9.38. The average Bonchev–Trinajstić information content (AvgIpc) is 2.74. The first-order chi connectivity index (χ1) is 13.6. The van der Waals surface area contributed by atoms with Crippen LogP contribution in [-0.2, 0) is 0 Å². The molecule has 0 N–H and O–H groups in total. The summed E-state index contributed by atoms with van der Waals surface area (Å²) in [6, 6.07) is 24.2. The van der Waals surface area contributed by atoms with Gasteiger partial charge in [-0.1, -0.05) is 71.9 Å². The van der Waals surface area contributed by atoms with E-state index in [4.69, 9.17) is 4.74 Å². The molecule has 1 unspecified atom stereocenters. The second-order valence-corrected chi connectivity index (χ2v) is 7.70. The first kappa shape index (κ1) is 19.9. The van der Waals surface area contributed by atoms with Crippen LogP contribution in [-0.4, -0.2) is 18.0 Å². The number of ether oxygens (including phenoxy) is 1. The highest BCUT2D eigenvalue weighted by atomic mass is 32.2. The van der Waals surface area contributed by atoms with Crippen molar-refractivity contribution in [2.45, 2.75) is 18.6 Å². The molecule has 0 heterocycles. The molecule has 3 nitrogen and oxygen atoms in total. The van der Waals surface area contributed by atoms with E-state index in [0.29, 0.717) is 16.9 Å². The quantitative estimate of drug-likeness (QED) is 0.472. The largest absolute Gasteiger partial charge is 0.497 e. The van der Waals surface area contributed by atoms with E-state index in [9.17, 15) is 9.59 Å². The highest BCUT2D eigenvalue weighted by molar-refractivity contribution is 8.14. The van der Waals surface area contributed by atoms with E-state index in [2.05, 4.69) is 0 Å². The number of Topliss-reactive ketones (excluding diaryl/α,β-unsaturated/α-hetero) is 1. The highest BCUT2D eigenvalue weighted by Gasteiger charge is 2.22. The van der Waals surface area contributed by atoms with Gasteiger partial charge in [0.1, 0.15) is 5.75 Å². The second-order valence-electron chi connectivity index (χ2n) is 6.53. The van der Waals surface area contributed by atoms with E-state index < -0.39 is 0 Å². The third-order valence-electron chi connectivity index (χ3n) is 4.49. The number of rotatable bonds is 7. The third-order valence-corrected chi connectivity index (χ3v) is 5.66. The molecule has 28 heavy (non-hydrogen) atoms. The van der Waals surface area contributed by atoms with Crippen LogP contribution >= 0.6 is 11.8 Å². The molecule has 3 rings (SSSR count). The summed E-state index contributed by atoms with van der Waals surface area (Å²) in [7, 11) is 1.59. The van der Waals surface area contributed by atoms with Gasteiger partial charge in [-0.25, -0.2) is 0 Å². The minimum atomic E-state index is -0.247. The summed E-state index contributed by atoms with van der Waals surface area (Å²) in [6.07, 6.45) is 0.249. The summed E-state index contributed by atoms with van der Waals surface area (Å²) in [5, 5.41) is -0.281. The summed E-state index contributed by atoms with van der Waals surface area (Å²) < 4.78 is 5.15. The molecule has 0 aliphatic rings. The van der Waals surface area contributed by atoms with Crippen LogP contribution in [0, 0.1) is 6.92 Å². The van der Waals surface area contributed by atoms with Crippen LogP contribution in [0.5, 0.6) is 5.75 Å². The summed E-state index contributed by atoms with van der Waals surface area (Å²) in [4.78, 5) is 25.6. The summed E-state index contributed by atoms with van der Waals surface area (Å²) in [5.74, 6) is 0.710. The number of benzene rings is 3. The fourth-order valence-corrected chi connectivity index (χ4v) is 3.90. The summed E-state index contributed by atoms with van der Waals surface area (Å²) >= 11 is 1.20. The molecule has 0 saturated heterocycles. The minimum absolute atomic E-state index is 0.00147. The van der Waals surface area contributed by atoms with Crippen molar-refractivity contribution < 1.29 is 14.3 Å². The van der Waals surface area contributed by atoms with Crippen LogP contribution in [0.25, 0.3) is 0 Å². The Bertz CT molecular complexity index is 932. The predicted octanol–water partition coefficient (Wildman–Crippen LogP) is 5.89. The standard InChI is InChI=1S/C24H22O3S/c1-17-8-10-19(11-9-17)23(28-24(26)20-6-4-3-5-7-20)16-22(25)18-12-14-21(27-2)15-13-18/h3-15,23H,16H2,1-2H3. The Hall–Kier alpha value is -2.85. The zero-order chi connectivity index (χ0) is 19.9. The van der Waals surface area contributed by atoms with Gasteiger partial charge in [0.2, 0.25) is 5.12 Å². The SMILES string of the molecule is COc1ccc(C(=O)CC(SC(=O)c2ccccc2)c2ccc(C)cc2)cc1. The molecule has 0 aromatic heterocycles. The van der Waals surface area contributed by atoms with Crippen LogP contribution in [0.3, 0.4) is 0 Å². The normalized spacial score (nSPS) is 11.6. The molecule has 1 atom stereocenters. The molecule has 0 aliphatic heterocycles. The molecular formula is C24H22O3S. The Balaban J connectivity index is 1.82. The van der Waals surface area contributed by atoms with E-state index in [1.165, 1.54) is 11.8 Å². The lowest BCUT2D eigenvalue weighted by molar-refractivity contribution is 0.0982. The average molecular weight is 391 g/mol. The van der Waals surface area contributed by atoms with Crippen LogP contribution in [0.2, 0.25) is 0 Å². The minimum Gasteiger partial charge on any atom is -0.497 e. The Labute approximate surface area is 169 Å². The molecule has 0 spiro atoms. The Morgan fingerprint density at radius 3 is 2.11 bits per heavy atom. The van der Waals surface area contributed by atoms with Gasteiger partial charge in [0.25, 0.3) is 0 Å². The van der Waals surface area contributed by atoms with Crippen molar-refractivity contribution in [2.75, 3.05) is 7.11 Å². The van der Waals surface area contributed by atoms with E-state index in [-0.39, 0.29) is 22.6 Å². The molecule has 3 aromatic rings. The first-order valence-electron chi connectivity index (χ1n) is 9.06. The van der Waals surface area contributed by atoms with Crippen molar-refractivity contribution in [1.82, 2.24) is 0 Å². The van der Waals surface area contributed by atoms with Gasteiger partial charge in [0.15, 0.2) is 5.78 Å². The third kappa shape index (κ3) is 5.11. The van der Waals surface area contributed by atoms with Gasteiger partial charge in [-0.15, -0.1) is 0 Å². The Morgan fingerprint density at radius 2 is 1.50 bits per heavy atom. The Kier molecular flexibility index (Phi) is 6.66. The monoisotopic (exact) mass is 390 g/mol. The molecule has 0 radical (unpaired) electrons. The van der Waals surface area contributed by atoms with Crippen LogP contribution in [0.4, 0.5) is 0 Å². The fraction of sp³-hybridized carbons (Fsp3) is 0.167. The van der Waals surface area contributed by atoms with Crippen molar-refractivity contribution in [3.63, 3.8) is 0 Å². The van der Waals surface area contributed by atoms with Crippen LogP contribution < -0.4 is 4.74 Å². The van der Waals surface area contributed by atoms with Crippen molar-refractivity contribution in [3.8, 4) is 5.75 Å². The molecule has 0 amide bonds. The van der Waals surface area contributed by atoms with Gasteiger partial charge in [-0.3, -0.25) is 9.59 Å². The lowest BCUT2D eigenvalue weighted by atomic mass is 10.0. The number of thioether (sulfide) groups is 1. The topological polar surface area (TPSA) is 43.4 Å². The maximum atomic E-state index is 12.8. The molecule has 142 valence electrons. The number of carbonyl (C=O) groups excluding carboxylic acids is 2. The molecular weight excluding hydrogens is 368 g/mol.